The van der Waals surface area contributed by atoms with Crippen LogP contribution >= 0.6 is 0 Å². The summed E-state index contributed by atoms with van der Waals surface area (Å²) < 4.78 is 0. The fourth-order valence-corrected chi connectivity index (χ4v) is 1.95. The highest BCUT2D eigenvalue weighted by Crippen LogP contribution is 2.19. The molecule has 0 saturated carbocycles. The molecule has 1 aliphatic rings. The fourth-order valence-electron chi connectivity index (χ4n) is 1.95. The van der Waals surface area contributed by atoms with E-state index in [1.165, 1.54) is 16.7 Å². The van der Waals surface area contributed by atoms with Crippen molar-refractivity contribution in [1.29, 1.82) is 0 Å². The summed E-state index contributed by atoms with van der Waals surface area (Å²) in [5.41, 5.74) is -0.531. The smallest absolute Gasteiger partial charge is 0.327 e. The topological polar surface area (TPSA) is 60.9 Å². The van der Waals surface area contributed by atoms with Crippen LogP contribution in [0.3, 0.4) is 0 Å². The molecule has 92 valence electrons. The molecule has 0 bridgehead atoms. The predicted molar refractivity (Wildman–Crippen MR) is 59.9 cm³/mol. The molecule has 1 fully saturated rings. The molecule has 0 aromatic rings. The number of imide groups is 1. The van der Waals surface area contributed by atoms with Gasteiger partial charge in [0.05, 0.1) is 6.10 Å². The average Bonchev–Trinajstić information content (AvgIpc) is 2.48. The maximum Gasteiger partial charge on any atom is 0.327 e. The van der Waals surface area contributed by atoms with Gasteiger partial charge in [0.25, 0.3) is 0 Å². The number of nitrogens with zero attached hydrogens (tertiary/aromatic N) is 2. The molecule has 1 unspecified atom stereocenters. The fraction of sp³-hybridized carbons (Fsp3) is 0.818. The molecule has 1 heterocycles. The van der Waals surface area contributed by atoms with Gasteiger partial charge in [-0.2, -0.15) is 0 Å². The molecule has 1 rings (SSSR count). The van der Waals surface area contributed by atoms with Crippen molar-refractivity contribution in [3.63, 3.8) is 0 Å². The number of β-amino-alcohol motifs (C(OH)–C–C–N with tert-alkyl or cyclic N) is 1. The van der Waals surface area contributed by atoms with Crippen molar-refractivity contribution in [2.75, 3.05) is 13.1 Å². The first-order valence-corrected chi connectivity index (χ1v) is 5.51. The van der Waals surface area contributed by atoms with Crippen molar-refractivity contribution in [1.82, 2.24) is 9.80 Å². The molecule has 16 heavy (non-hydrogen) atoms. The lowest BCUT2D eigenvalue weighted by molar-refractivity contribution is -0.130. The van der Waals surface area contributed by atoms with E-state index in [2.05, 4.69) is 0 Å². The summed E-state index contributed by atoms with van der Waals surface area (Å²) in [6.45, 7) is 7.67. The van der Waals surface area contributed by atoms with E-state index in [0.29, 0.717) is 19.5 Å². The van der Waals surface area contributed by atoms with Gasteiger partial charge in [-0.05, 0) is 27.2 Å². The van der Waals surface area contributed by atoms with E-state index < -0.39 is 11.6 Å². The minimum atomic E-state index is -0.531. The quantitative estimate of drug-likeness (QED) is 0.667. The summed E-state index contributed by atoms with van der Waals surface area (Å²) >= 11 is 0. The van der Waals surface area contributed by atoms with Gasteiger partial charge in [0.1, 0.15) is 0 Å². The SMILES string of the molecule is CC(=O)N(C(=O)N1CCC(O)C1)C(C)(C)C. The molecule has 0 spiro atoms. The Hall–Kier alpha value is -1.10. The predicted octanol–water partition coefficient (Wildman–Crippen LogP) is 0.820. The third-order valence-corrected chi connectivity index (χ3v) is 2.61. The van der Waals surface area contributed by atoms with Gasteiger partial charge in [0.2, 0.25) is 5.91 Å². The highest BCUT2D eigenvalue weighted by molar-refractivity contribution is 5.94. The van der Waals surface area contributed by atoms with Gasteiger partial charge in [-0.25, -0.2) is 4.79 Å². The molecule has 1 saturated heterocycles. The van der Waals surface area contributed by atoms with E-state index in [4.69, 9.17) is 0 Å². The molecular weight excluding hydrogens is 208 g/mol. The van der Waals surface area contributed by atoms with Crippen LogP contribution < -0.4 is 0 Å². The lowest BCUT2D eigenvalue weighted by atomic mass is 10.1. The first kappa shape index (κ1) is 13.0. The second-order valence-electron chi connectivity index (χ2n) is 5.20. The number of hydrogen-bond donors (Lipinski definition) is 1. The van der Waals surface area contributed by atoms with Gasteiger partial charge in [-0.3, -0.25) is 9.69 Å². The summed E-state index contributed by atoms with van der Waals surface area (Å²) in [6.07, 6.45) is 0.125. The van der Waals surface area contributed by atoms with E-state index in [1.54, 1.807) is 0 Å². The molecule has 5 nitrogen and oxygen atoms in total. The molecule has 0 radical (unpaired) electrons. The summed E-state index contributed by atoms with van der Waals surface area (Å²) in [4.78, 5) is 26.4. The zero-order valence-electron chi connectivity index (χ0n) is 10.4. The minimum Gasteiger partial charge on any atom is -0.391 e. The van der Waals surface area contributed by atoms with E-state index in [0.717, 1.165) is 0 Å². The van der Waals surface area contributed by atoms with Gasteiger partial charge in [-0.1, -0.05) is 0 Å². The molecule has 5 heteroatoms. The highest BCUT2D eigenvalue weighted by atomic mass is 16.3. The largest absolute Gasteiger partial charge is 0.391 e. The molecule has 1 aliphatic heterocycles. The Bertz CT molecular complexity index is 296. The molecule has 0 aliphatic carbocycles. The molecule has 0 aromatic carbocycles. The lowest BCUT2D eigenvalue weighted by Gasteiger charge is -2.35. The summed E-state index contributed by atoms with van der Waals surface area (Å²) in [7, 11) is 0. The second-order valence-corrected chi connectivity index (χ2v) is 5.20. The van der Waals surface area contributed by atoms with Crippen molar-refractivity contribution in [2.45, 2.75) is 45.8 Å². The number of aliphatic hydroxyl groups excluding tert-OH is 1. The van der Waals surface area contributed by atoms with Gasteiger partial charge >= 0.3 is 6.03 Å². The van der Waals surface area contributed by atoms with Crippen molar-refractivity contribution in [3.05, 3.63) is 0 Å². The number of likely N-dealkylation sites (tertiary alicyclic amines) is 1. The highest BCUT2D eigenvalue weighted by Gasteiger charge is 2.35. The first-order chi connectivity index (χ1) is 7.23. The van der Waals surface area contributed by atoms with E-state index in [1.807, 2.05) is 20.8 Å². The number of carbonyl (C=O) groups excluding carboxylic acids is 2. The Kier molecular flexibility index (Phi) is 3.57. The Morgan fingerprint density at radius 3 is 2.25 bits per heavy atom. The van der Waals surface area contributed by atoms with Gasteiger partial charge < -0.3 is 10.0 Å². The Labute approximate surface area is 96.0 Å². The zero-order valence-corrected chi connectivity index (χ0v) is 10.4. The first-order valence-electron chi connectivity index (χ1n) is 5.51. The van der Waals surface area contributed by atoms with Crippen molar-refractivity contribution in [2.24, 2.45) is 0 Å². The van der Waals surface area contributed by atoms with Crippen LogP contribution in [0, 0.1) is 0 Å². The van der Waals surface area contributed by atoms with Gasteiger partial charge in [-0.15, -0.1) is 0 Å². The van der Waals surface area contributed by atoms with Gasteiger partial charge in [0, 0.05) is 25.6 Å². The van der Waals surface area contributed by atoms with Crippen LogP contribution in [0.15, 0.2) is 0 Å². The zero-order chi connectivity index (χ0) is 12.5. The standard InChI is InChI=1S/C11H20N2O3/c1-8(14)13(11(2,3)4)10(16)12-6-5-9(15)7-12/h9,15H,5-7H2,1-4H3. The average molecular weight is 228 g/mol. The van der Waals surface area contributed by atoms with Crippen LogP contribution in [0.4, 0.5) is 4.79 Å². The molecule has 0 aromatic heterocycles. The van der Waals surface area contributed by atoms with Crippen molar-refractivity contribution >= 4 is 11.9 Å². The Morgan fingerprint density at radius 2 is 1.94 bits per heavy atom. The van der Waals surface area contributed by atoms with Crippen molar-refractivity contribution in [3.8, 4) is 0 Å². The minimum absolute atomic E-state index is 0.265. The number of carbonyl (C=O) groups is 2. The maximum absolute atomic E-state index is 12.1. The van der Waals surface area contributed by atoms with Crippen LogP contribution in [0.2, 0.25) is 0 Å². The molecule has 1 atom stereocenters. The third-order valence-electron chi connectivity index (χ3n) is 2.61. The normalized spacial score (nSPS) is 21.1. The van der Waals surface area contributed by atoms with E-state index in [-0.39, 0.29) is 11.9 Å². The van der Waals surface area contributed by atoms with Crippen molar-refractivity contribution < 1.29 is 14.7 Å². The van der Waals surface area contributed by atoms with Crippen LogP contribution in [0.25, 0.3) is 0 Å². The number of rotatable bonds is 0. The number of aliphatic hydroxyl groups is 1. The lowest BCUT2D eigenvalue weighted by Crippen LogP contribution is -2.53. The monoisotopic (exact) mass is 228 g/mol. The van der Waals surface area contributed by atoms with Crippen LogP contribution in [-0.4, -0.2) is 51.6 Å². The second kappa shape index (κ2) is 4.41. The molecule has 1 N–H and O–H groups in total. The summed E-state index contributed by atoms with van der Waals surface area (Å²) in [5, 5.41) is 9.37. The van der Waals surface area contributed by atoms with Crippen LogP contribution in [-0.2, 0) is 4.79 Å². The van der Waals surface area contributed by atoms with Crippen LogP contribution in [0.5, 0.6) is 0 Å². The number of hydrogen-bond acceptors (Lipinski definition) is 3. The maximum atomic E-state index is 12.1. The molecular formula is C11H20N2O3. The molecule has 3 amide bonds. The van der Waals surface area contributed by atoms with Gasteiger partial charge in [0.15, 0.2) is 0 Å². The number of urea groups is 1. The van der Waals surface area contributed by atoms with E-state index >= 15 is 0 Å². The summed E-state index contributed by atoms with van der Waals surface area (Å²) in [5.74, 6) is -0.265. The summed E-state index contributed by atoms with van der Waals surface area (Å²) in [6, 6.07) is -0.309. The number of amides is 3. The Morgan fingerprint density at radius 1 is 1.38 bits per heavy atom. The van der Waals surface area contributed by atoms with E-state index in [9.17, 15) is 14.7 Å². The third kappa shape index (κ3) is 2.72. The van der Waals surface area contributed by atoms with Crippen LogP contribution in [0.1, 0.15) is 34.1 Å². The Balaban J connectivity index is 2.80.